The number of anilines is 1. The number of nitrogens with zero attached hydrogens (tertiary/aromatic N) is 5. The van der Waals surface area contributed by atoms with Gasteiger partial charge in [-0.2, -0.15) is 5.10 Å². The second-order valence-corrected chi connectivity index (χ2v) is 10.3. The molecule has 186 valence electrons. The maximum atomic E-state index is 13.7. The van der Waals surface area contributed by atoms with Crippen molar-refractivity contribution < 1.29 is 14.3 Å². The summed E-state index contributed by atoms with van der Waals surface area (Å²) in [6.07, 6.45) is 9.21. The molecule has 0 unspecified atom stereocenters. The van der Waals surface area contributed by atoms with Crippen LogP contribution in [0, 0.1) is 11.8 Å². The normalized spacial score (nSPS) is 22.5. The van der Waals surface area contributed by atoms with Gasteiger partial charge in [0.1, 0.15) is 17.0 Å². The number of allylic oxidation sites excluding steroid dienone is 2. The summed E-state index contributed by atoms with van der Waals surface area (Å²) in [5.41, 5.74) is 1.94. The summed E-state index contributed by atoms with van der Waals surface area (Å²) in [6.45, 7) is 1.65. The summed E-state index contributed by atoms with van der Waals surface area (Å²) in [7, 11) is 3.27. The molecule has 1 aliphatic carbocycles. The highest BCUT2D eigenvalue weighted by atomic mass is 32.1. The molecule has 0 radical (unpaired) electrons. The Morgan fingerprint density at radius 3 is 2.53 bits per heavy atom. The first kappa shape index (κ1) is 23.0. The number of rotatable bonds is 5. The Morgan fingerprint density at radius 2 is 1.75 bits per heavy atom. The van der Waals surface area contributed by atoms with Crippen LogP contribution in [0.5, 0.6) is 11.5 Å². The molecule has 2 aromatic heterocycles. The lowest BCUT2D eigenvalue weighted by molar-refractivity contribution is -0.140. The number of amides is 1. The molecule has 1 aromatic carbocycles. The van der Waals surface area contributed by atoms with Crippen molar-refractivity contribution in [3.8, 4) is 11.5 Å². The zero-order valence-corrected chi connectivity index (χ0v) is 21.3. The van der Waals surface area contributed by atoms with Crippen molar-refractivity contribution in [1.29, 1.82) is 0 Å². The molecule has 0 bridgehead atoms. The quantitative estimate of drug-likeness (QED) is 0.477. The number of hydrogen-bond acceptors (Lipinski definition) is 8. The number of methoxy groups -OCH3 is 2. The van der Waals surface area contributed by atoms with Crippen molar-refractivity contribution in [2.45, 2.75) is 31.7 Å². The average Bonchev–Trinajstić information content (AvgIpc) is 3.42. The number of carbonyl (C=O) groups excluding carboxylic acids is 1. The molecule has 2 atom stereocenters. The molecule has 6 rings (SSSR count). The fourth-order valence-electron chi connectivity index (χ4n) is 5.68. The summed E-state index contributed by atoms with van der Waals surface area (Å²) in [5.74, 6) is 2.47. The Labute approximate surface area is 214 Å². The van der Waals surface area contributed by atoms with Gasteiger partial charge in [0.15, 0.2) is 11.5 Å². The van der Waals surface area contributed by atoms with E-state index in [9.17, 15) is 4.79 Å². The summed E-state index contributed by atoms with van der Waals surface area (Å²) in [5, 5.41) is 9.99. The molecule has 8 nitrogen and oxygen atoms in total. The van der Waals surface area contributed by atoms with E-state index in [4.69, 9.17) is 14.6 Å². The van der Waals surface area contributed by atoms with Gasteiger partial charge < -0.3 is 14.4 Å². The molecule has 1 amide bonds. The third-order valence-corrected chi connectivity index (χ3v) is 8.39. The predicted molar refractivity (Wildman–Crippen MR) is 141 cm³/mol. The number of benzene rings is 1. The molecular weight excluding hydrogens is 474 g/mol. The lowest BCUT2D eigenvalue weighted by Gasteiger charge is -2.42. The summed E-state index contributed by atoms with van der Waals surface area (Å²) in [6, 6.07) is 8.07. The van der Waals surface area contributed by atoms with Crippen molar-refractivity contribution in [3.05, 3.63) is 53.7 Å². The van der Waals surface area contributed by atoms with Crippen LogP contribution in [0.15, 0.2) is 53.2 Å². The number of carbonyl (C=O) groups is 1. The van der Waals surface area contributed by atoms with Gasteiger partial charge in [-0.25, -0.2) is 15.0 Å². The Bertz CT molecular complexity index is 1340. The largest absolute Gasteiger partial charge is 0.493 e. The third kappa shape index (κ3) is 3.91. The second-order valence-electron chi connectivity index (χ2n) is 9.45. The Morgan fingerprint density at radius 1 is 0.972 bits per heavy atom. The highest BCUT2D eigenvalue weighted by Gasteiger charge is 2.43. The topological polar surface area (TPSA) is 80.2 Å². The van der Waals surface area contributed by atoms with Gasteiger partial charge in [-0.1, -0.05) is 12.2 Å². The minimum absolute atomic E-state index is 0.0653. The number of fused-ring (bicyclic) bond motifs is 2. The van der Waals surface area contributed by atoms with Crippen molar-refractivity contribution in [3.63, 3.8) is 0 Å². The molecule has 0 spiro atoms. The van der Waals surface area contributed by atoms with Gasteiger partial charge in [0.2, 0.25) is 5.91 Å². The maximum absolute atomic E-state index is 13.7. The van der Waals surface area contributed by atoms with E-state index in [0.717, 1.165) is 66.1 Å². The van der Waals surface area contributed by atoms with Gasteiger partial charge in [0, 0.05) is 24.6 Å². The van der Waals surface area contributed by atoms with E-state index >= 15 is 0 Å². The molecule has 4 heterocycles. The molecule has 36 heavy (non-hydrogen) atoms. The molecule has 1 saturated heterocycles. The molecule has 2 aliphatic heterocycles. The van der Waals surface area contributed by atoms with Crippen molar-refractivity contribution in [1.82, 2.24) is 15.0 Å². The van der Waals surface area contributed by atoms with Crippen LogP contribution >= 0.6 is 11.3 Å². The van der Waals surface area contributed by atoms with Crippen LogP contribution in [0.25, 0.3) is 10.2 Å². The fraction of sp³-hybridized carbons (Fsp3) is 0.407. The molecule has 9 heteroatoms. The van der Waals surface area contributed by atoms with E-state index in [-0.39, 0.29) is 23.8 Å². The second kappa shape index (κ2) is 9.54. The van der Waals surface area contributed by atoms with Crippen LogP contribution in [0.1, 0.15) is 31.2 Å². The van der Waals surface area contributed by atoms with Crippen molar-refractivity contribution in [2.24, 2.45) is 16.9 Å². The number of hydrogen-bond donors (Lipinski definition) is 0. The lowest BCUT2D eigenvalue weighted by Crippen LogP contribution is -2.52. The molecule has 1 fully saturated rings. The minimum atomic E-state index is -0.0825. The van der Waals surface area contributed by atoms with Gasteiger partial charge in [0.05, 0.1) is 37.3 Å². The highest BCUT2D eigenvalue weighted by Crippen LogP contribution is 2.39. The van der Waals surface area contributed by atoms with Gasteiger partial charge >= 0.3 is 0 Å². The molecule has 0 N–H and O–H groups in total. The molecule has 3 aliphatic rings. The van der Waals surface area contributed by atoms with E-state index < -0.39 is 0 Å². The minimum Gasteiger partial charge on any atom is -0.493 e. The maximum Gasteiger partial charge on any atom is 0.247 e. The monoisotopic (exact) mass is 503 g/mol. The number of ether oxygens (including phenoxy) is 2. The van der Waals surface area contributed by atoms with E-state index in [2.05, 4.69) is 38.5 Å². The zero-order chi connectivity index (χ0) is 24.6. The van der Waals surface area contributed by atoms with Gasteiger partial charge in [-0.3, -0.25) is 4.79 Å². The van der Waals surface area contributed by atoms with E-state index in [1.165, 1.54) is 0 Å². The Balaban J connectivity index is 1.29. The number of hydrazone groups is 1. The summed E-state index contributed by atoms with van der Waals surface area (Å²) in [4.78, 5) is 25.9. The van der Waals surface area contributed by atoms with E-state index in [1.54, 1.807) is 36.9 Å². The first-order valence-electron chi connectivity index (χ1n) is 12.4. The SMILES string of the molecule is COc1ccc(C2=NN(C3CCN(c4ncnc5sccc45)CC3)C(=O)[C@@H]3CC=CC[C@H]23)cc1OC. The van der Waals surface area contributed by atoms with Crippen LogP contribution in [0.3, 0.4) is 0 Å². The van der Waals surface area contributed by atoms with Gasteiger partial charge in [-0.05, 0) is 55.3 Å². The number of piperidine rings is 1. The Kier molecular flexibility index (Phi) is 6.08. The Hall–Kier alpha value is -3.46. The predicted octanol–water partition coefficient (Wildman–Crippen LogP) is 4.51. The van der Waals surface area contributed by atoms with Crippen molar-refractivity contribution >= 4 is 39.0 Å². The lowest BCUT2D eigenvalue weighted by atomic mass is 9.76. The molecular formula is C27H29N5O3S. The van der Waals surface area contributed by atoms with E-state index in [1.807, 2.05) is 18.2 Å². The van der Waals surface area contributed by atoms with Gasteiger partial charge in [-0.15, -0.1) is 11.3 Å². The van der Waals surface area contributed by atoms with Crippen LogP contribution in [0.2, 0.25) is 0 Å². The molecule has 3 aromatic rings. The highest BCUT2D eigenvalue weighted by molar-refractivity contribution is 7.16. The van der Waals surface area contributed by atoms with Crippen LogP contribution < -0.4 is 14.4 Å². The standard InChI is InChI=1S/C27H29N5O3S/c1-34-22-8-7-17(15-23(22)35-2)24-19-5-3-4-6-20(19)27(33)32(30-24)18-9-12-31(13-10-18)25-21-11-14-36-26(21)29-16-28-25/h3-4,7-8,11,14-16,18-20H,5-6,9-10,12-13H2,1-2H3/t19-,20+/m0/s1. The fourth-order valence-corrected chi connectivity index (χ4v) is 6.41. The van der Waals surface area contributed by atoms with Gasteiger partial charge in [0.25, 0.3) is 0 Å². The smallest absolute Gasteiger partial charge is 0.247 e. The summed E-state index contributed by atoms with van der Waals surface area (Å²) >= 11 is 1.63. The van der Waals surface area contributed by atoms with E-state index in [0.29, 0.717) is 11.5 Å². The number of aromatic nitrogens is 2. The van der Waals surface area contributed by atoms with Crippen LogP contribution in [-0.2, 0) is 4.79 Å². The molecule has 0 saturated carbocycles. The third-order valence-electron chi connectivity index (χ3n) is 7.57. The van der Waals surface area contributed by atoms with Crippen LogP contribution in [-0.4, -0.2) is 59.9 Å². The first-order valence-corrected chi connectivity index (χ1v) is 13.3. The van der Waals surface area contributed by atoms with Crippen molar-refractivity contribution in [2.75, 3.05) is 32.2 Å². The summed E-state index contributed by atoms with van der Waals surface area (Å²) < 4.78 is 11.0. The number of thiophene rings is 1. The van der Waals surface area contributed by atoms with Crippen LogP contribution in [0.4, 0.5) is 5.82 Å². The zero-order valence-electron chi connectivity index (χ0n) is 20.5. The first-order chi connectivity index (χ1) is 17.7. The average molecular weight is 504 g/mol.